The number of fused-ring (bicyclic) bond motifs is 1. The van der Waals surface area contributed by atoms with E-state index in [0.717, 1.165) is 42.3 Å². The smallest absolute Gasteiger partial charge is 0.253 e. The van der Waals surface area contributed by atoms with E-state index in [0.29, 0.717) is 38.2 Å². The number of H-pyrrole nitrogens is 1. The van der Waals surface area contributed by atoms with Crippen LogP contribution in [-0.4, -0.2) is 64.7 Å². The number of aromatic nitrogens is 1. The number of benzene rings is 1. The zero-order chi connectivity index (χ0) is 22.7. The topological polar surface area (TPSA) is 85.5 Å². The third-order valence-corrected chi connectivity index (χ3v) is 6.91. The summed E-state index contributed by atoms with van der Waals surface area (Å²) in [7, 11) is 0. The monoisotopic (exact) mass is 438 g/mol. The van der Waals surface area contributed by atoms with Crippen molar-refractivity contribution in [1.29, 1.82) is 0 Å². The molecule has 7 nitrogen and oxygen atoms in total. The van der Waals surface area contributed by atoms with Crippen LogP contribution in [0, 0.1) is 12.8 Å². The molecule has 2 fully saturated rings. The van der Waals surface area contributed by atoms with Crippen molar-refractivity contribution in [2.75, 3.05) is 26.2 Å². The minimum absolute atomic E-state index is 0.000897. The number of carbonyl (C=O) groups is 3. The van der Waals surface area contributed by atoms with Gasteiger partial charge in [-0.15, -0.1) is 0 Å². The van der Waals surface area contributed by atoms with Crippen LogP contribution >= 0.6 is 0 Å². The van der Waals surface area contributed by atoms with Gasteiger partial charge in [0.1, 0.15) is 6.04 Å². The Labute approximate surface area is 189 Å². The van der Waals surface area contributed by atoms with Crippen LogP contribution in [-0.2, 0) is 9.59 Å². The molecule has 1 aromatic heterocycles. The quantitative estimate of drug-likeness (QED) is 0.752. The second-order valence-corrected chi connectivity index (χ2v) is 9.17. The van der Waals surface area contributed by atoms with Gasteiger partial charge in [0.25, 0.3) is 5.91 Å². The Balaban J connectivity index is 1.39. The summed E-state index contributed by atoms with van der Waals surface area (Å²) in [6.45, 7) is 5.83. The summed E-state index contributed by atoms with van der Waals surface area (Å²) in [6, 6.07) is 7.33. The SMILES string of the molecule is CCC(=O)N[C@H](C(=O)N1CCN(C(=O)c2ccc3[nH]c(C)cc3c2)CC1)C1CCCCC1. The lowest BCUT2D eigenvalue weighted by Crippen LogP contribution is -2.57. The van der Waals surface area contributed by atoms with Crippen LogP contribution in [0.3, 0.4) is 0 Å². The molecule has 172 valence electrons. The number of amides is 3. The molecule has 2 heterocycles. The first-order valence-electron chi connectivity index (χ1n) is 11.9. The molecule has 1 saturated heterocycles. The number of nitrogens with zero attached hydrogens (tertiary/aromatic N) is 2. The maximum Gasteiger partial charge on any atom is 0.253 e. The van der Waals surface area contributed by atoms with Crippen molar-refractivity contribution in [2.24, 2.45) is 5.92 Å². The largest absolute Gasteiger partial charge is 0.359 e. The predicted octanol–water partition coefficient (Wildman–Crippen LogP) is 3.24. The lowest BCUT2D eigenvalue weighted by molar-refractivity contribution is -0.139. The first-order valence-corrected chi connectivity index (χ1v) is 11.9. The van der Waals surface area contributed by atoms with Crippen molar-refractivity contribution in [2.45, 2.75) is 58.4 Å². The number of hydrogen-bond donors (Lipinski definition) is 2. The van der Waals surface area contributed by atoms with Crippen LogP contribution in [0.25, 0.3) is 10.9 Å². The van der Waals surface area contributed by atoms with Crippen LogP contribution in [0.15, 0.2) is 24.3 Å². The number of aromatic amines is 1. The molecular weight excluding hydrogens is 404 g/mol. The Morgan fingerprint density at radius 2 is 1.72 bits per heavy atom. The highest BCUT2D eigenvalue weighted by Crippen LogP contribution is 2.28. The fourth-order valence-electron chi connectivity index (χ4n) is 5.04. The summed E-state index contributed by atoms with van der Waals surface area (Å²) < 4.78 is 0. The van der Waals surface area contributed by atoms with Crippen molar-refractivity contribution in [1.82, 2.24) is 20.1 Å². The van der Waals surface area contributed by atoms with Crippen LogP contribution in [0.5, 0.6) is 0 Å². The standard InChI is InChI=1S/C25H34N4O3/c1-3-22(30)27-23(18-7-5-4-6-8-18)25(32)29-13-11-28(12-14-29)24(31)19-9-10-21-20(16-19)15-17(2)26-21/h9-10,15-16,18,23,26H,3-8,11-14H2,1-2H3,(H,27,30)/t23-/m0/s1. The number of hydrogen-bond acceptors (Lipinski definition) is 3. The number of nitrogens with one attached hydrogen (secondary N) is 2. The van der Waals surface area contributed by atoms with Gasteiger partial charge in [-0.1, -0.05) is 26.2 Å². The average Bonchev–Trinajstić information content (AvgIpc) is 3.21. The number of rotatable bonds is 5. The third kappa shape index (κ3) is 4.81. The summed E-state index contributed by atoms with van der Waals surface area (Å²) in [5.74, 6) is 0.150. The highest BCUT2D eigenvalue weighted by molar-refractivity contribution is 5.98. The molecule has 0 spiro atoms. The van der Waals surface area contributed by atoms with Gasteiger partial charge in [-0.3, -0.25) is 14.4 Å². The molecule has 0 unspecified atom stereocenters. The predicted molar refractivity (Wildman–Crippen MR) is 124 cm³/mol. The molecule has 1 atom stereocenters. The lowest BCUT2D eigenvalue weighted by atomic mass is 9.83. The molecule has 1 aromatic carbocycles. The third-order valence-electron chi connectivity index (χ3n) is 6.91. The Kier molecular flexibility index (Phi) is 6.82. The van der Waals surface area contributed by atoms with Gasteiger partial charge in [-0.05, 0) is 49.9 Å². The zero-order valence-corrected chi connectivity index (χ0v) is 19.2. The Morgan fingerprint density at radius 3 is 2.41 bits per heavy atom. The van der Waals surface area contributed by atoms with Crippen molar-refractivity contribution in [3.8, 4) is 0 Å². The molecule has 1 saturated carbocycles. The molecule has 2 aliphatic rings. The second-order valence-electron chi connectivity index (χ2n) is 9.17. The van der Waals surface area contributed by atoms with E-state index in [-0.39, 0.29) is 23.6 Å². The molecule has 0 bridgehead atoms. The minimum Gasteiger partial charge on any atom is -0.359 e. The van der Waals surface area contributed by atoms with Gasteiger partial charge in [-0.2, -0.15) is 0 Å². The van der Waals surface area contributed by atoms with Crippen LogP contribution in [0.2, 0.25) is 0 Å². The van der Waals surface area contributed by atoms with E-state index in [1.807, 2.05) is 47.9 Å². The van der Waals surface area contributed by atoms with Gasteiger partial charge >= 0.3 is 0 Å². The van der Waals surface area contributed by atoms with E-state index in [1.54, 1.807) is 0 Å². The first-order chi connectivity index (χ1) is 15.5. The summed E-state index contributed by atoms with van der Waals surface area (Å²) >= 11 is 0. The second kappa shape index (κ2) is 9.76. The van der Waals surface area contributed by atoms with Crippen molar-refractivity contribution in [3.63, 3.8) is 0 Å². The van der Waals surface area contributed by atoms with Crippen LogP contribution in [0.1, 0.15) is 61.5 Å². The van der Waals surface area contributed by atoms with E-state index in [9.17, 15) is 14.4 Å². The molecule has 32 heavy (non-hydrogen) atoms. The summed E-state index contributed by atoms with van der Waals surface area (Å²) in [4.78, 5) is 45.4. The molecule has 4 rings (SSSR count). The first kappa shape index (κ1) is 22.4. The summed E-state index contributed by atoms with van der Waals surface area (Å²) in [6.07, 6.45) is 5.78. The van der Waals surface area contributed by atoms with Gasteiger partial charge in [0, 0.05) is 54.8 Å². The van der Waals surface area contributed by atoms with E-state index >= 15 is 0 Å². The van der Waals surface area contributed by atoms with Crippen LogP contribution in [0.4, 0.5) is 0 Å². The fraction of sp³-hybridized carbons (Fsp3) is 0.560. The molecule has 2 aromatic rings. The van der Waals surface area contributed by atoms with E-state index in [1.165, 1.54) is 6.42 Å². The molecule has 0 radical (unpaired) electrons. The summed E-state index contributed by atoms with van der Waals surface area (Å²) in [5, 5.41) is 4.03. The average molecular weight is 439 g/mol. The van der Waals surface area contributed by atoms with Crippen molar-refractivity contribution >= 4 is 28.6 Å². The maximum atomic E-state index is 13.3. The van der Waals surface area contributed by atoms with E-state index in [2.05, 4.69) is 10.3 Å². The highest BCUT2D eigenvalue weighted by Gasteiger charge is 2.35. The maximum absolute atomic E-state index is 13.3. The number of piperazine rings is 1. The minimum atomic E-state index is -0.441. The van der Waals surface area contributed by atoms with Crippen molar-refractivity contribution < 1.29 is 14.4 Å². The molecule has 1 aliphatic carbocycles. The van der Waals surface area contributed by atoms with Gasteiger partial charge in [0.15, 0.2) is 0 Å². The van der Waals surface area contributed by atoms with Gasteiger partial charge in [0.2, 0.25) is 11.8 Å². The van der Waals surface area contributed by atoms with Gasteiger partial charge < -0.3 is 20.1 Å². The summed E-state index contributed by atoms with van der Waals surface area (Å²) in [5.41, 5.74) is 2.77. The molecule has 3 amide bonds. The fourth-order valence-corrected chi connectivity index (χ4v) is 5.04. The number of aryl methyl sites for hydroxylation is 1. The molecule has 7 heteroatoms. The Hall–Kier alpha value is -2.83. The molecule has 2 N–H and O–H groups in total. The Bertz CT molecular complexity index is 984. The normalized spacial score (nSPS) is 18.6. The zero-order valence-electron chi connectivity index (χ0n) is 19.2. The molecule has 1 aliphatic heterocycles. The highest BCUT2D eigenvalue weighted by atomic mass is 16.2. The molecular formula is C25H34N4O3. The van der Waals surface area contributed by atoms with Crippen molar-refractivity contribution in [3.05, 3.63) is 35.5 Å². The lowest BCUT2D eigenvalue weighted by Gasteiger charge is -2.39. The Morgan fingerprint density at radius 1 is 1.03 bits per heavy atom. The van der Waals surface area contributed by atoms with E-state index in [4.69, 9.17) is 0 Å². The van der Waals surface area contributed by atoms with Gasteiger partial charge in [0.05, 0.1) is 0 Å². The van der Waals surface area contributed by atoms with Gasteiger partial charge in [-0.25, -0.2) is 0 Å². The van der Waals surface area contributed by atoms with Crippen LogP contribution < -0.4 is 5.32 Å². The van der Waals surface area contributed by atoms with E-state index < -0.39 is 6.04 Å². The number of carbonyl (C=O) groups excluding carboxylic acids is 3.